The van der Waals surface area contributed by atoms with Crippen molar-refractivity contribution in [1.82, 2.24) is 80.9 Å². The van der Waals surface area contributed by atoms with Crippen molar-refractivity contribution >= 4 is 67.8 Å². The molecule has 4 saturated heterocycles. The van der Waals surface area contributed by atoms with Crippen molar-refractivity contribution < 1.29 is 121 Å². The van der Waals surface area contributed by atoms with Crippen LogP contribution in [0.4, 0.5) is 0 Å². The van der Waals surface area contributed by atoms with Gasteiger partial charge in [0.15, 0.2) is 0 Å². The highest BCUT2D eigenvalue weighted by Gasteiger charge is 2.26. The molecule has 0 bridgehead atoms. The monoisotopic (exact) mass is 1560 g/mol. The first kappa shape index (κ1) is 96.5. The number of nitrogens with one attached hydrogen (secondary N) is 6. The van der Waals surface area contributed by atoms with E-state index < -0.39 is 80.4 Å². The van der Waals surface area contributed by atoms with Crippen molar-refractivity contribution in [2.45, 2.75) is 51.4 Å². The van der Waals surface area contributed by atoms with Gasteiger partial charge in [0.2, 0.25) is 0 Å². The van der Waals surface area contributed by atoms with Crippen LogP contribution in [0.25, 0.3) is 0 Å². The molecule has 0 aromatic carbocycles. The summed E-state index contributed by atoms with van der Waals surface area (Å²) >= 11 is 0. The molecule has 0 radical (unpaired) electrons. The van der Waals surface area contributed by atoms with Crippen LogP contribution in [0, 0.1) is 0 Å². The third-order valence-corrected chi connectivity index (χ3v) is 19.5. The van der Waals surface area contributed by atoms with Crippen LogP contribution >= 0.6 is 38.0 Å². The van der Waals surface area contributed by atoms with E-state index in [1.54, 1.807) is 24.5 Å². The molecule has 0 aromatic heterocycles. The van der Waals surface area contributed by atoms with Crippen LogP contribution < -0.4 is 31.9 Å². The second-order valence-corrected chi connectivity index (χ2v) is 33.4. The van der Waals surface area contributed by atoms with Gasteiger partial charge in [-0.2, -0.15) is 0 Å². The van der Waals surface area contributed by atoms with Crippen molar-refractivity contribution in [3.8, 4) is 0 Å². The van der Waals surface area contributed by atoms with Crippen LogP contribution in [0.1, 0.15) is 51.4 Å². The molecule has 0 atom stereocenters. The number of hydrogen-bond acceptors (Lipinski definition) is 26. The summed E-state index contributed by atoms with van der Waals surface area (Å²) in [5.74, 6) is -4.29. The van der Waals surface area contributed by atoms with E-state index in [9.17, 15) is 76.2 Å². The number of hydrogen-bond donors (Lipinski definition) is 21. The van der Waals surface area contributed by atoms with E-state index in [4.69, 9.17) is 45.1 Å². The summed E-state index contributed by atoms with van der Waals surface area (Å²) < 4.78 is 56.5. The zero-order chi connectivity index (χ0) is 75.8. The molecule has 0 saturated carbocycles. The van der Waals surface area contributed by atoms with Crippen LogP contribution in [0.2, 0.25) is 0 Å². The van der Waals surface area contributed by atoms with Gasteiger partial charge >= 0.3 is 67.8 Å². The number of carboxylic acids is 5. The minimum Gasteiger partial charge on any atom is -0.480 e. The summed E-state index contributed by atoms with van der Waals surface area (Å²) in [6, 6.07) is 0. The number of carboxylic acid groups (broad SMARTS) is 5. The summed E-state index contributed by atoms with van der Waals surface area (Å²) in [5, 5.41) is 64.3. The van der Waals surface area contributed by atoms with Crippen LogP contribution in [0.3, 0.4) is 0 Å². The molecule has 4 fully saturated rings. The fourth-order valence-electron chi connectivity index (χ4n) is 11.2. The summed E-state index contributed by atoms with van der Waals surface area (Å²) in [4.78, 5) is 164. The topological polar surface area (TPSA) is 579 Å². The Morgan fingerprint density at radius 2 is 0.347 bits per heavy atom. The highest BCUT2D eigenvalue weighted by atomic mass is 31.2. The molecule has 0 amide bonds. The summed E-state index contributed by atoms with van der Waals surface area (Å²) in [6.45, 7) is 18.4. The maximum absolute atomic E-state index is 11.4. The normalized spacial score (nSPS) is 21.3. The molecule has 4 aliphatic heterocycles. The van der Waals surface area contributed by atoms with E-state index in [2.05, 4.69) is 31.9 Å². The van der Waals surface area contributed by atoms with E-state index in [1.807, 2.05) is 19.6 Å². The Bertz CT molecular complexity index is 2430. The first-order valence-electron chi connectivity index (χ1n) is 34.1. The number of carbonyl (C=O) groups is 5. The third-order valence-electron chi connectivity index (χ3n) is 15.7. The molecular weight excluding hydrogens is 1440 g/mol. The number of aliphatic carboxylic acids is 5. The van der Waals surface area contributed by atoms with Crippen molar-refractivity contribution in [2.24, 2.45) is 0 Å². The Morgan fingerprint density at radius 3 is 0.535 bits per heavy atom. The Labute approximate surface area is 592 Å². The van der Waals surface area contributed by atoms with Gasteiger partial charge in [-0.1, -0.05) is 0 Å². The van der Waals surface area contributed by atoms with Crippen LogP contribution in [-0.4, -0.2) is 427 Å². The second kappa shape index (κ2) is 55.0. The molecule has 4 heterocycles. The lowest BCUT2D eigenvalue weighted by atomic mass is 10.3. The van der Waals surface area contributed by atoms with Crippen molar-refractivity contribution in [1.29, 1.82) is 0 Å². The maximum Gasteiger partial charge on any atom is 0.339 e. The molecule has 0 unspecified atom stereocenters. The van der Waals surface area contributed by atoms with Gasteiger partial charge in [0.05, 0.1) is 32.7 Å². The average molecular weight is 1560 g/mol. The maximum atomic E-state index is 11.4. The van der Waals surface area contributed by atoms with Gasteiger partial charge in [0, 0.05) is 151 Å². The minimum absolute atomic E-state index is 0.0347. The van der Waals surface area contributed by atoms with Gasteiger partial charge < -0.3 is 106 Å². The molecule has 0 spiro atoms. The second-order valence-electron chi connectivity index (χ2n) is 25.3. The average Bonchev–Trinajstić information content (AvgIpc) is 0.929. The Balaban J connectivity index is 0.000000677. The fraction of sp³-hybridized carbons (Fsp3) is 0.909. The molecule has 0 aromatic rings. The Hall–Kier alpha value is -2.54. The molecule has 46 heteroatoms. The van der Waals surface area contributed by atoms with Gasteiger partial charge in [-0.05, 0) is 110 Å². The predicted molar refractivity (Wildman–Crippen MR) is 377 cm³/mol. The number of nitrogens with zero attached hydrogens (tertiary/aromatic N) is 10. The van der Waals surface area contributed by atoms with Gasteiger partial charge in [-0.15, -0.1) is 0 Å². The van der Waals surface area contributed by atoms with E-state index in [0.717, 1.165) is 77.9 Å². The largest absolute Gasteiger partial charge is 0.480 e. The summed E-state index contributed by atoms with van der Waals surface area (Å²) in [6.07, 6.45) is 3.94. The van der Waals surface area contributed by atoms with E-state index >= 15 is 0 Å². The van der Waals surface area contributed by atoms with Crippen molar-refractivity contribution in [3.05, 3.63) is 0 Å². The summed E-state index contributed by atoms with van der Waals surface area (Å²) in [7, 11) is -20.9. The zero-order valence-electron chi connectivity index (χ0n) is 58.4. The Morgan fingerprint density at radius 1 is 0.208 bits per heavy atom. The first-order chi connectivity index (χ1) is 47.3. The van der Waals surface area contributed by atoms with E-state index in [-0.39, 0.29) is 71.2 Å². The number of rotatable bonds is 20. The van der Waals surface area contributed by atoms with Crippen LogP contribution in [-0.2, 0) is 46.8 Å². The minimum atomic E-state index is -4.33. The molecule has 596 valence electrons. The van der Waals surface area contributed by atoms with Crippen molar-refractivity contribution in [3.63, 3.8) is 0 Å². The zero-order valence-corrected chi connectivity index (χ0v) is 62.8. The van der Waals surface area contributed by atoms with E-state index in [0.29, 0.717) is 163 Å². The van der Waals surface area contributed by atoms with Gasteiger partial charge in [-0.3, -0.25) is 95.8 Å². The standard InChI is InChI=1S/C16H30N4O6.C14H28N4O4.C13H33N4O9P3.C12H30N4O6P2/c21-14(22)11-18-6-2-7-20(13-16(25)26)10-9-19(12-15(23)24)5-1-3-17-4-8-18;19-13(20)11-17-7-1-3-15-5-10-18(12-14(21)22)8-2-4-16-6-9-17;18-27(19,20)11-15-6-2-7-17(13-29(24,25)26)10-9-16(12-28(21,22)23)5-1-3-14-4-8-15;17-23(18,19)11-15-7-1-3-13-5-10-16(12-24(20,21)22)8-2-4-14-6-9-15/h17H,1-13H2,(H,21,22)(H,23,24)(H,25,26);15-16H,1-12H2,(H,19,20)(H,21,22);14H,1-13H2,(H2,18,19,20)(H2,21,22,23)(H2,24,25,26);13-14H,1-12H2,(H2,17,18,19)(H2,20,21,22). The lowest BCUT2D eigenvalue weighted by molar-refractivity contribution is -0.140. The third kappa shape index (κ3) is 63.3. The first-order valence-corrected chi connectivity index (χ1v) is 43.1. The fourth-order valence-corrected chi connectivity index (χ4v) is 15.2. The van der Waals surface area contributed by atoms with Gasteiger partial charge in [0.1, 0.15) is 31.4 Å². The predicted octanol–water partition coefficient (Wildman–Crippen LogP) is -5.22. The molecule has 4 aliphatic rings. The molecule has 0 aliphatic carbocycles. The van der Waals surface area contributed by atoms with Crippen LogP contribution in [0.5, 0.6) is 0 Å². The van der Waals surface area contributed by atoms with Gasteiger partial charge in [-0.25, -0.2) is 0 Å². The molecule has 101 heavy (non-hydrogen) atoms. The molecule has 4 rings (SSSR count). The molecule has 21 N–H and O–H groups in total. The lowest BCUT2D eigenvalue weighted by Gasteiger charge is -2.30. The quantitative estimate of drug-likeness (QED) is 0.0507. The smallest absolute Gasteiger partial charge is 0.339 e. The molecule has 41 nitrogen and oxygen atoms in total. The highest BCUT2D eigenvalue weighted by molar-refractivity contribution is 7.52. The SMILES string of the molecule is O=C(O)CN1CCCN(CC(=O)O)CCN(CC(=O)O)CCCNCC1.O=C(O)CN1CCCNCCN(CC(=O)O)CCCNCC1.O=P(O)(O)CN1CCCN(CP(=O)(O)O)CCN(CP(=O)(O)O)CCCNCC1.O=P(O)(O)CN1CCCNCCN(CP(=O)(O)O)CCCNCC1. The van der Waals surface area contributed by atoms with Crippen molar-refractivity contribution in [2.75, 3.05) is 274 Å². The Kier molecular flexibility index (Phi) is 52.5. The highest BCUT2D eigenvalue weighted by Crippen LogP contribution is 2.38. The van der Waals surface area contributed by atoms with Gasteiger partial charge in [0.25, 0.3) is 0 Å². The molecular formula is C55H121N16O25P5. The van der Waals surface area contributed by atoms with Crippen LogP contribution in [0.15, 0.2) is 0 Å². The lowest BCUT2D eigenvalue weighted by Crippen LogP contribution is -2.43. The van der Waals surface area contributed by atoms with E-state index in [1.165, 1.54) is 4.90 Å². The summed E-state index contributed by atoms with van der Waals surface area (Å²) in [5.41, 5.74) is 0.